The van der Waals surface area contributed by atoms with E-state index in [0.29, 0.717) is 36.4 Å². The molecule has 2 aromatic heterocycles. The predicted octanol–water partition coefficient (Wildman–Crippen LogP) is 3.84. The van der Waals surface area contributed by atoms with Gasteiger partial charge in [0.05, 0.1) is 12.1 Å². The minimum Gasteiger partial charge on any atom is -0.351 e. The van der Waals surface area contributed by atoms with Gasteiger partial charge in [0, 0.05) is 49.3 Å². The fraction of sp³-hybridized carbons (Fsp3) is 0.375. The van der Waals surface area contributed by atoms with Crippen LogP contribution in [-0.4, -0.2) is 50.7 Å². The van der Waals surface area contributed by atoms with Gasteiger partial charge in [-0.05, 0) is 45.4 Å². The predicted molar refractivity (Wildman–Crippen MR) is 120 cm³/mol. The Kier molecular flexibility index (Phi) is 7.36. The number of amides is 1. The van der Waals surface area contributed by atoms with Crippen molar-refractivity contribution in [2.45, 2.75) is 46.3 Å². The van der Waals surface area contributed by atoms with Gasteiger partial charge < -0.3 is 5.32 Å². The standard InChI is InChI=1S/C24H31N5O/c1-18(2)29(19(3)4)14-13-26-24(30)22-17-28(16-20-9-6-5-7-10-20)27-23(22)21-11-8-12-25-15-21/h5-12,15,17-19H,13-14,16H2,1-4H3,(H,26,30). The van der Waals surface area contributed by atoms with Gasteiger partial charge in [-0.2, -0.15) is 5.10 Å². The fourth-order valence-electron chi connectivity index (χ4n) is 3.66. The van der Waals surface area contributed by atoms with Crippen LogP contribution in [0.1, 0.15) is 43.6 Å². The largest absolute Gasteiger partial charge is 0.351 e. The zero-order chi connectivity index (χ0) is 21.5. The lowest BCUT2D eigenvalue weighted by Gasteiger charge is -2.30. The second-order valence-corrected chi connectivity index (χ2v) is 8.00. The molecule has 3 rings (SSSR count). The van der Waals surface area contributed by atoms with E-state index >= 15 is 0 Å². The Balaban J connectivity index is 1.78. The molecular formula is C24H31N5O. The van der Waals surface area contributed by atoms with Crippen LogP contribution in [0.15, 0.2) is 61.1 Å². The van der Waals surface area contributed by atoms with Crippen LogP contribution < -0.4 is 5.32 Å². The van der Waals surface area contributed by atoms with Crippen LogP contribution in [0.25, 0.3) is 11.3 Å². The lowest BCUT2D eigenvalue weighted by Crippen LogP contribution is -2.42. The topological polar surface area (TPSA) is 63.1 Å². The molecule has 6 heteroatoms. The van der Waals surface area contributed by atoms with Crippen molar-refractivity contribution in [1.29, 1.82) is 0 Å². The van der Waals surface area contributed by atoms with Gasteiger partial charge in [0.25, 0.3) is 5.91 Å². The normalized spacial score (nSPS) is 11.4. The third-order valence-electron chi connectivity index (χ3n) is 5.11. The summed E-state index contributed by atoms with van der Waals surface area (Å²) in [5.74, 6) is -0.111. The van der Waals surface area contributed by atoms with Crippen LogP contribution in [0.5, 0.6) is 0 Å². The smallest absolute Gasteiger partial charge is 0.255 e. The first kappa shape index (κ1) is 21.7. The Bertz CT molecular complexity index is 927. The second-order valence-electron chi connectivity index (χ2n) is 8.00. The van der Waals surface area contributed by atoms with Crippen molar-refractivity contribution >= 4 is 5.91 Å². The Morgan fingerprint density at radius 2 is 1.80 bits per heavy atom. The number of hydrogen-bond donors (Lipinski definition) is 1. The molecule has 0 spiro atoms. The molecule has 0 aliphatic carbocycles. The monoisotopic (exact) mass is 405 g/mol. The molecule has 0 aliphatic heterocycles. The Morgan fingerprint density at radius 3 is 2.43 bits per heavy atom. The maximum Gasteiger partial charge on any atom is 0.255 e. The molecule has 0 radical (unpaired) electrons. The van der Waals surface area contributed by atoms with E-state index in [2.05, 4.69) is 55.0 Å². The highest BCUT2D eigenvalue weighted by Crippen LogP contribution is 2.21. The summed E-state index contributed by atoms with van der Waals surface area (Å²) >= 11 is 0. The van der Waals surface area contributed by atoms with Crippen LogP contribution in [0, 0.1) is 0 Å². The number of aromatic nitrogens is 3. The average Bonchev–Trinajstić information content (AvgIpc) is 3.15. The molecule has 1 aromatic carbocycles. The van der Waals surface area contributed by atoms with Crippen LogP contribution in [0.2, 0.25) is 0 Å². The van der Waals surface area contributed by atoms with Gasteiger partial charge >= 0.3 is 0 Å². The molecular weight excluding hydrogens is 374 g/mol. The number of hydrogen-bond acceptors (Lipinski definition) is 4. The molecule has 0 fully saturated rings. The molecule has 30 heavy (non-hydrogen) atoms. The van der Waals surface area contributed by atoms with Gasteiger partial charge in [-0.1, -0.05) is 30.3 Å². The molecule has 0 saturated carbocycles. The van der Waals surface area contributed by atoms with Gasteiger partial charge in [0.15, 0.2) is 0 Å². The molecule has 1 N–H and O–H groups in total. The summed E-state index contributed by atoms with van der Waals surface area (Å²) in [4.78, 5) is 19.6. The number of carbonyl (C=O) groups is 1. The first-order chi connectivity index (χ1) is 14.5. The molecule has 0 aliphatic rings. The third kappa shape index (κ3) is 5.54. The Morgan fingerprint density at radius 1 is 1.07 bits per heavy atom. The summed E-state index contributed by atoms with van der Waals surface area (Å²) in [5, 5.41) is 7.77. The van der Waals surface area contributed by atoms with Gasteiger partial charge in [0.1, 0.15) is 5.69 Å². The van der Waals surface area contributed by atoms with E-state index < -0.39 is 0 Å². The highest BCUT2D eigenvalue weighted by Gasteiger charge is 2.19. The third-order valence-corrected chi connectivity index (χ3v) is 5.11. The molecule has 3 aromatic rings. The van der Waals surface area contributed by atoms with Crippen LogP contribution in [0.3, 0.4) is 0 Å². The Labute approximate surface area is 178 Å². The molecule has 6 nitrogen and oxygen atoms in total. The summed E-state index contributed by atoms with van der Waals surface area (Å²) in [7, 11) is 0. The van der Waals surface area contributed by atoms with Crippen molar-refractivity contribution < 1.29 is 4.79 Å². The van der Waals surface area contributed by atoms with Crippen LogP contribution >= 0.6 is 0 Å². The summed E-state index contributed by atoms with van der Waals surface area (Å²) in [6, 6.07) is 14.8. The number of nitrogens with one attached hydrogen (secondary N) is 1. The van der Waals surface area contributed by atoms with E-state index in [4.69, 9.17) is 5.10 Å². The van der Waals surface area contributed by atoms with E-state index in [9.17, 15) is 4.79 Å². The number of nitrogens with zero attached hydrogens (tertiary/aromatic N) is 4. The number of benzene rings is 1. The zero-order valence-electron chi connectivity index (χ0n) is 18.2. The SMILES string of the molecule is CC(C)N(CCNC(=O)c1cn(Cc2ccccc2)nc1-c1cccnc1)C(C)C. The summed E-state index contributed by atoms with van der Waals surface area (Å²) in [6.45, 7) is 10.7. The summed E-state index contributed by atoms with van der Waals surface area (Å²) in [6.07, 6.45) is 5.29. The number of rotatable bonds is 9. The van der Waals surface area contributed by atoms with Crippen LogP contribution in [0.4, 0.5) is 0 Å². The molecule has 0 unspecified atom stereocenters. The highest BCUT2D eigenvalue weighted by molar-refractivity contribution is 5.99. The number of carbonyl (C=O) groups excluding carboxylic acids is 1. The van der Waals surface area contributed by atoms with Crippen molar-refractivity contribution in [1.82, 2.24) is 25.0 Å². The lowest BCUT2D eigenvalue weighted by molar-refractivity contribution is 0.0940. The van der Waals surface area contributed by atoms with Crippen molar-refractivity contribution in [2.24, 2.45) is 0 Å². The quantitative estimate of drug-likeness (QED) is 0.587. The summed E-state index contributed by atoms with van der Waals surface area (Å²) < 4.78 is 1.82. The summed E-state index contributed by atoms with van der Waals surface area (Å²) in [5.41, 5.74) is 3.19. The number of pyridine rings is 1. The van der Waals surface area contributed by atoms with Crippen molar-refractivity contribution in [3.8, 4) is 11.3 Å². The van der Waals surface area contributed by atoms with E-state index in [1.807, 2.05) is 41.2 Å². The molecule has 158 valence electrons. The van der Waals surface area contributed by atoms with Crippen molar-refractivity contribution in [3.63, 3.8) is 0 Å². The van der Waals surface area contributed by atoms with Crippen LogP contribution in [-0.2, 0) is 6.54 Å². The maximum absolute atomic E-state index is 13.0. The van der Waals surface area contributed by atoms with E-state index in [-0.39, 0.29) is 5.91 Å². The average molecular weight is 406 g/mol. The molecule has 2 heterocycles. The molecule has 0 saturated heterocycles. The highest BCUT2D eigenvalue weighted by atomic mass is 16.1. The van der Waals surface area contributed by atoms with Gasteiger partial charge in [-0.15, -0.1) is 0 Å². The van der Waals surface area contributed by atoms with Gasteiger partial charge in [0.2, 0.25) is 0 Å². The fourth-order valence-corrected chi connectivity index (χ4v) is 3.66. The second kappa shape index (κ2) is 10.2. The van der Waals surface area contributed by atoms with E-state index in [0.717, 1.165) is 17.7 Å². The molecule has 0 bridgehead atoms. The van der Waals surface area contributed by atoms with Crippen molar-refractivity contribution in [2.75, 3.05) is 13.1 Å². The van der Waals surface area contributed by atoms with Gasteiger partial charge in [-0.25, -0.2) is 0 Å². The van der Waals surface area contributed by atoms with E-state index in [1.165, 1.54) is 0 Å². The Hall–Kier alpha value is -2.99. The van der Waals surface area contributed by atoms with Crippen molar-refractivity contribution in [3.05, 3.63) is 72.2 Å². The molecule has 0 atom stereocenters. The minimum atomic E-state index is -0.111. The van der Waals surface area contributed by atoms with Gasteiger partial charge in [-0.3, -0.25) is 19.4 Å². The zero-order valence-corrected chi connectivity index (χ0v) is 18.2. The van der Waals surface area contributed by atoms with E-state index in [1.54, 1.807) is 12.4 Å². The first-order valence-electron chi connectivity index (χ1n) is 10.5. The minimum absolute atomic E-state index is 0.111. The first-order valence-corrected chi connectivity index (χ1v) is 10.5. The molecule has 1 amide bonds. The lowest BCUT2D eigenvalue weighted by atomic mass is 10.1. The maximum atomic E-state index is 13.0.